The van der Waals surface area contributed by atoms with Crippen molar-refractivity contribution in [2.24, 2.45) is 0 Å². The van der Waals surface area contributed by atoms with Crippen LogP contribution in [0.15, 0.2) is 48.0 Å². The molecule has 124 valence electrons. The number of methoxy groups -OCH3 is 1. The van der Waals surface area contributed by atoms with Crippen LogP contribution in [0.4, 0.5) is 5.82 Å². The monoisotopic (exact) mass is 340 g/mol. The van der Waals surface area contributed by atoms with Gasteiger partial charge in [0.2, 0.25) is 0 Å². The van der Waals surface area contributed by atoms with Crippen molar-refractivity contribution in [3.8, 4) is 17.0 Å². The molecule has 1 atom stereocenters. The fourth-order valence-electron chi connectivity index (χ4n) is 2.59. The molecular weight excluding hydrogens is 320 g/mol. The number of thiazole rings is 1. The Labute approximate surface area is 146 Å². The molecule has 0 aliphatic carbocycles. The van der Waals surface area contributed by atoms with Gasteiger partial charge in [0.25, 0.3) is 0 Å². The molecule has 0 aliphatic rings. The van der Waals surface area contributed by atoms with Crippen LogP contribution in [0.25, 0.3) is 11.3 Å². The number of para-hydroxylation sites is 1. The van der Waals surface area contributed by atoms with E-state index in [1.807, 2.05) is 55.0 Å². The summed E-state index contributed by atoms with van der Waals surface area (Å²) in [7, 11) is 3.69. The molecule has 3 aromatic rings. The van der Waals surface area contributed by atoms with Crippen LogP contribution in [-0.2, 0) is 0 Å². The van der Waals surface area contributed by atoms with Crippen molar-refractivity contribution in [2.75, 3.05) is 25.6 Å². The summed E-state index contributed by atoms with van der Waals surface area (Å²) in [5.41, 5.74) is 1.75. The van der Waals surface area contributed by atoms with E-state index in [-0.39, 0.29) is 0 Å². The van der Waals surface area contributed by atoms with Crippen LogP contribution in [0.2, 0.25) is 0 Å². The van der Waals surface area contributed by atoms with Crippen LogP contribution in [0.5, 0.6) is 5.75 Å². The highest BCUT2D eigenvalue weighted by Gasteiger charge is 2.13. The lowest BCUT2D eigenvalue weighted by atomic mass is 10.1. The Hall–Kier alpha value is -2.47. The van der Waals surface area contributed by atoms with E-state index in [1.54, 1.807) is 18.4 Å². The molecule has 0 fully saturated rings. The maximum Gasteiger partial charge on any atom is 0.151 e. The number of aromatic nitrogens is 3. The first kappa shape index (κ1) is 16.4. The van der Waals surface area contributed by atoms with Gasteiger partial charge >= 0.3 is 0 Å². The fourth-order valence-corrected chi connectivity index (χ4v) is 3.28. The quantitative estimate of drug-likeness (QED) is 0.682. The van der Waals surface area contributed by atoms with E-state index < -0.39 is 0 Å². The van der Waals surface area contributed by atoms with E-state index >= 15 is 0 Å². The van der Waals surface area contributed by atoms with E-state index in [9.17, 15) is 0 Å². The largest absolute Gasteiger partial charge is 0.496 e. The van der Waals surface area contributed by atoms with Crippen LogP contribution in [0.1, 0.15) is 17.8 Å². The Balaban J connectivity index is 1.74. The van der Waals surface area contributed by atoms with Gasteiger partial charge in [-0.15, -0.1) is 21.5 Å². The molecule has 3 rings (SSSR count). The van der Waals surface area contributed by atoms with Crippen molar-refractivity contribution < 1.29 is 4.74 Å². The Bertz CT molecular complexity index is 774. The van der Waals surface area contributed by atoms with Crippen molar-refractivity contribution in [1.82, 2.24) is 15.2 Å². The lowest BCUT2D eigenvalue weighted by molar-refractivity contribution is 0.416. The molecule has 0 aliphatic heterocycles. The second-order valence-corrected chi connectivity index (χ2v) is 6.56. The molecule has 0 N–H and O–H groups in total. The van der Waals surface area contributed by atoms with E-state index in [1.165, 1.54) is 0 Å². The average molecular weight is 340 g/mol. The first-order valence-corrected chi connectivity index (χ1v) is 8.64. The highest BCUT2D eigenvalue weighted by atomic mass is 32.1. The van der Waals surface area contributed by atoms with Gasteiger partial charge in [-0.2, -0.15) is 0 Å². The second kappa shape index (κ2) is 7.40. The summed E-state index contributed by atoms with van der Waals surface area (Å²) in [4.78, 5) is 6.48. The number of rotatable bonds is 6. The van der Waals surface area contributed by atoms with Crippen molar-refractivity contribution in [3.05, 3.63) is 53.0 Å². The zero-order valence-electron chi connectivity index (χ0n) is 14.0. The molecule has 1 unspecified atom stereocenters. The molecule has 0 spiro atoms. The van der Waals surface area contributed by atoms with E-state index in [2.05, 4.69) is 27.0 Å². The lowest BCUT2D eigenvalue weighted by Gasteiger charge is -2.21. The molecule has 24 heavy (non-hydrogen) atoms. The average Bonchev–Trinajstić information content (AvgIpc) is 3.16. The van der Waals surface area contributed by atoms with Gasteiger partial charge in [-0.1, -0.05) is 19.1 Å². The normalized spacial score (nSPS) is 12.0. The Morgan fingerprint density at radius 3 is 2.67 bits per heavy atom. The summed E-state index contributed by atoms with van der Waals surface area (Å²) < 4.78 is 5.39. The first-order chi connectivity index (χ1) is 11.7. The highest BCUT2D eigenvalue weighted by molar-refractivity contribution is 7.09. The minimum Gasteiger partial charge on any atom is -0.496 e. The zero-order chi connectivity index (χ0) is 16.9. The SMILES string of the molecule is COc1ccccc1-c1ccc(N(C)CC(C)c2nccs2)nn1. The molecular formula is C18H20N4OS. The molecule has 5 nitrogen and oxygen atoms in total. The Morgan fingerprint density at radius 1 is 1.17 bits per heavy atom. The first-order valence-electron chi connectivity index (χ1n) is 7.76. The van der Waals surface area contributed by atoms with E-state index in [0.717, 1.165) is 34.4 Å². The third-order valence-electron chi connectivity index (χ3n) is 3.85. The molecule has 0 amide bonds. The topological polar surface area (TPSA) is 51.1 Å². The summed E-state index contributed by atoms with van der Waals surface area (Å²) in [6.45, 7) is 3.02. The van der Waals surface area contributed by atoms with E-state index in [0.29, 0.717) is 5.92 Å². The third-order valence-corrected chi connectivity index (χ3v) is 4.85. The standard InChI is InChI=1S/C18H20N4OS/c1-13(18-19-10-11-24-18)12-22(2)17-9-8-15(20-21-17)14-6-4-5-7-16(14)23-3/h4-11,13H,12H2,1-3H3. The molecule has 2 heterocycles. The van der Waals surface area contributed by atoms with Crippen LogP contribution < -0.4 is 9.64 Å². The van der Waals surface area contributed by atoms with Gasteiger partial charge in [0.15, 0.2) is 5.82 Å². The van der Waals surface area contributed by atoms with E-state index in [4.69, 9.17) is 4.74 Å². The Kier molecular flexibility index (Phi) is 5.05. The number of anilines is 1. The second-order valence-electron chi connectivity index (χ2n) is 5.63. The van der Waals surface area contributed by atoms with Crippen LogP contribution in [-0.4, -0.2) is 35.9 Å². The number of hydrogen-bond acceptors (Lipinski definition) is 6. The maximum atomic E-state index is 5.39. The summed E-state index contributed by atoms with van der Waals surface area (Å²) in [6.07, 6.45) is 1.85. The van der Waals surface area contributed by atoms with Crippen molar-refractivity contribution in [2.45, 2.75) is 12.8 Å². The minimum atomic E-state index is 0.352. The summed E-state index contributed by atoms with van der Waals surface area (Å²) in [5, 5.41) is 11.9. The summed E-state index contributed by atoms with van der Waals surface area (Å²) >= 11 is 1.68. The van der Waals surface area contributed by atoms with Crippen LogP contribution in [0.3, 0.4) is 0 Å². The predicted octanol–water partition coefficient (Wildman–Crippen LogP) is 3.85. The fraction of sp³-hybridized carbons (Fsp3) is 0.278. The van der Waals surface area contributed by atoms with Gasteiger partial charge < -0.3 is 9.64 Å². The number of ether oxygens (including phenoxy) is 1. The number of nitrogens with zero attached hydrogens (tertiary/aromatic N) is 4. The lowest BCUT2D eigenvalue weighted by Crippen LogP contribution is -2.24. The highest BCUT2D eigenvalue weighted by Crippen LogP contribution is 2.28. The number of benzene rings is 1. The molecule has 0 bridgehead atoms. The molecule has 1 aromatic carbocycles. The van der Waals surface area contributed by atoms with Crippen molar-refractivity contribution in [3.63, 3.8) is 0 Å². The molecule has 0 radical (unpaired) electrons. The predicted molar refractivity (Wildman–Crippen MR) is 97.8 cm³/mol. The molecule has 0 saturated heterocycles. The van der Waals surface area contributed by atoms with Crippen LogP contribution >= 0.6 is 11.3 Å². The summed E-state index contributed by atoms with van der Waals surface area (Å²) in [6, 6.07) is 11.8. The molecule has 6 heteroatoms. The maximum absolute atomic E-state index is 5.39. The number of hydrogen-bond donors (Lipinski definition) is 0. The van der Waals surface area contributed by atoms with Gasteiger partial charge in [0.05, 0.1) is 17.8 Å². The zero-order valence-corrected chi connectivity index (χ0v) is 14.8. The van der Waals surface area contributed by atoms with Crippen LogP contribution in [0, 0.1) is 0 Å². The smallest absolute Gasteiger partial charge is 0.151 e. The van der Waals surface area contributed by atoms with Gasteiger partial charge in [-0.05, 0) is 24.3 Å². The summed E-state index contributed by atoms with van der Waals surface area (Å²) in [5.74, 6) is 1.99. The van der Waals surface area contributed by atoms with Gasteiger partial charge in [0, 0.05) is 36.7 Å². The van der Waals surface area contributed by atoms with Gasteiger partial charge in [-0.25, -0.2) is 4.98 Å². The molecule has 0 saturated carbocycles. The Morgan fingerprint density at radius 2 is 2.00 bits per heavy atom. The number of likely N-dealkylation sites (N-methyl/N-ethyl adjacent to an activating group) is 1. The van der Waals surface area contributed by atoms with Crippen molar-refractivity contribution in [1.29, 1.82) is 0 Å². The minimum absolute atomic E-state index is 0.352. The van der Waals surface area contributed by atoms with Gasteiger partial charge in [0.1, 0.15) is 5.75 Å². The third kappa shape index (κ3) is 3.54. The molecule has 2 aromatic heterocycles. The van der Waals surface area contributed by atoms with Crippen molar-refractivity contribution >= 4 is 17.2 Å². The van der Waals surface area contributed by atoms with Gasteiger partial charge in [-0.3, -0.25) is 0 Å².